The molecule has 2 heterocycles. The fourth-order valence-corrected chi connectivity index (χ4v) is 2.92. The number of aromatic nitrogens is 1. The normalized spacial score (nSPS) is 20.4. The Morgan fingerprint density at radius 2 is 2.28 bits per heavy atom. The van der Waals surface area contributed by atoms with Crippen LogP contribution in [0, 0.1) is 17.6 Å². The van der Waals surface area contributed by atoms with Crippen LogP contribution in [0.25, 0.3) is 11.3 Å². The molecule has 1 aromatic heterocycles. The molecule has 1 aliphatic rings. The molecule has 2 N–H and O–H groups in total. The smallest absolute Gasteiger partial charge is 0.220 e. The second-order valence-electron chi connectivity index (χ2n) is 6.39. The molecule has 1 fully saturated rings. The Morgan fingerprint density at radius 1 is 1.44 bits per heavy atom. The largest absolute Gasteiger partial charge is 0.441 e. The van der Waals surface area contributed by atoms with Gasteiger partial charge in [-0.25, -0.2) is 13.8 Å². The van der Waals surface area contributed by atoms with Crippen LogP contribution in [0.3, 0.4) is 0 Å². The summed E-state index contributed by atoms with van der Waals surface area (Å²) in [6.45, 7) is 3.88. The summed E-state index contributed by atoms with van der Waals surface area (Å²) in [7, 11) is 0. The summed E-state index contributed by atoms with van der Waals surface area (Å²) >= 11 is 0. The molecule has 7 heteroatoms. The number of halogens is 2. The maximum Gasteiger partial charge on any atom is 0.220 e. The summed E-state index contributed by atoms with van der Waals surface area (Å²) in [4.78, 5) is 16.2. The summed E-state index contributed by atoms with van der Waals surface area (Å²) in [5.41, 5.74) is 0.145. The SMILES string of the molecule is CC1CCNCC1NC(=O)CCc1ncc(-c2ccc(F)cc2F)o1. The molecule has 0 bridgehead atoms. The maximum atomic E-state index is 13.8. The first-order valence-electron chi connectivity index (χ1n) is 8.43. The molecule has 5 nitrogen and oxygen atoms in total. The third kappa shape index (κ3) is 4.42. The summed E-state index contributed by atoms with van der Waals surface area (Å²) in [5.74, 6) is -0.404. The van der Waals surface area contributed by atoms with Crippen molar-refractivity contribution in [2.45, 2.75) is 32.2 Å². The minimum atomic E-state index is -0.709. The van der Waals surface area contributed by atoms with E-state index < -0.39 is 11.6 Å². The molecule has 1 saturated heterocycles. The zero-order chi connectivity index (χ0) is 17.8. The lowest BCUT2D eigenvalue weighted by molar-refractivity contribution is -0.122. The van der Waals surface area contributed by atoms with Crippen molar-refractivity contribution in [2.24, 2.45) is 5.92 Å². The Morgan fingerprint density at radius 3 is 3.04 bits per heavy atom. The average molecular weight is 349 g/mol. The molecule has 25 heavy (non-hydrogen) atoms. The van der Waals surface area contributed by atoms with Gasteiger partial charge >= 0.3 is 0 Å². The third-order valence-electron chi connectivity index (χ3n) is 4.49. The number of hydrogen-bond donors (Lipinski definition) is 2. The molecule has 0 aliphatic carbocycles. The number of amides is 1. The Hall–Kier alpha value is -2.28. The van der Waals surface area contributed by atoms with Crippen molar-refractivity contribution in [3.05, 3.63) is 41.9 Å². The highest BCUT2D eigenvalue weighted by Gasteiger charge is 2.22. The topological polar surface area (TPSA) is 67.2 Å². The number of hydrogen-bond acceptors (Lipinski definition) is 4. The fraction of sp³-hybridized carbons (Fsp3) is 0.444. The molecule has 3 rings (SSSR count). The molecule has 1 aromatic carbocycles. The van der Waals surface area contributed by atoms with Crippen molar-refractivity contribution in [3.63, 3.8) is 0 Å². The number of benzene rings is 1. The van der Waals surface area contributed by atoms with Gasteiger partial charge in [0.15, 0.2) is 11.7 Å². The Labute approximate surface area is 144 Å². The molecule has 0 radical (unpaired) electrons. The van der Waals surface area contributed by atoms with E-state index in [1.165, 1.54) is 12.3 Å². The van der Waals surface area contributed by atoms with E-state index in [0.29, 0.717) is 18.2 Å². The molecule has 2 aromatic rings. The number of carbonyl (C=O) groups is 1. The van der Waals surface area contributed by atoms with Crippen molar-refractivity contribution >= 4 is 5.91 Å². The van der Waals surface area contributed by atoms with Gasteiger partial charge < -0.3 is 15.1 Å². The van der Waals surface area contributed by atoms with E-state index in [1.807, 2.05) is 0 Å². The fourth-order valence-electron chi connectivity index (χ4n) is 2.92. The number of carbonyl (C=O) groups excluding carboxylic acids is 1. The number of nitrogens with one attached hydrogen (secondary N) is 2. The van der Waals surface area contributed by atoms with Crippen LogP contribution in [0.4, 0.5) is 8.78 Å². The van der Waals surface area contributed by atoms with Gasteiger partial charge in [-0.2, -0.15) is 0 Å². The summed E-state index contributed by atoms with van der Waals surface area (Å²) in [6.07, 6.45) is 2.99. The van der Waals surface area contributed by atoms with Crippen LogP contribution in [0.15, 0.2) is 28.8 Å². The zero-order valence-electron chi connectivity index (χ0n) is 14.0. The van der Waals surface area contributed by atoms with Gasteiger partial charge in [0.25, 0.3) is 0 Å². The molecular formula is C18H21F2N3O2. The van der Waals surface area contributed by atoms with Crippen LogP contribution in [-0.4, -0.2) is 30.0 Å². The van der Waals surface area contributed by atoms with E-state index in [2.05, 4.69) is 22.5 Å². The van der Waals surface area contributed by atoms with Gasteiger partial charge in [-0.15, -0.1) is 0 Å². The lowest BCUT2D eigenvalue weighted by Gasteiger charge is -2.30. The van der Waals surface area contributed by atoms with Crippen LogP contribution >= 0.6 is 0 Å². The number of piperidine rings is 1. The molecule has 1 aliphatic heterocycles. The average Bonchev–Trinajstić information content (AvgIpc) is 3.04. The monoisotopic (exact) mass is 349 g/mol. The van der Waals surface area contributed by atoms with Crippen LogP contribution in [0.2, 0.25) is 0 Å². The van der Waals surface area contributed by atoms with Gasteiger partial charge in [-0.3, -0.25) is 4.79 Å². The Bertz CT molecular complexity index is 748. The summed E-state index contributed by atoms with van der Waals surface area (Å²) in [5, 5.41) is 6.29. The van der Waals surface area contributed by atoms with Gasteiger partial charge in [0.1, 0.15) is 11.6 Å². The summed E-state index contributed by atoms with van der Waals surface area (Å²) in [6, 6.07) is 3.39. The highest BCUT2D eigenvalue weighted by molar-refractivity contribution is 5.76. The predicted molar refractivity (Wildman–Crippen MR) is 88.8 cm³/mol. The van der Waals surface area contributed by atoms with E-state index >= 15 is 0 Å². The van der Waals surface area contributed by atoms with Crippen molar-refractivity contribution < 1.29 is 18.0 Å². The van der Waals surface area contributed by atoms with Gasteiger partial charge in [0.2, 0.25) is 5.91 Å². The number of nitrogens with zero attached hydrogens (tertiary/aromatic N) is 1. The first kappa shape index (κ1) is 17.5. The molecular weight excluding hydrogens is 328 g/mol. The van der Waals surface area contributed by atoms with Crippen molar-refractivity contribution in [1.29, 1.82) is 0 Å². The van der Waals surface area contributed by atoms with Gasteiger partial charge in [0, 0.05) is 31.5 Å². The minimum Gasteiger partial charge on any atom is -0.441 e. The number of aryl methyl sites for hydroxylation is 1. The van der Waals surface area contributed by atoms with E-state index in [1.54, 1.807) is 0 Å². The number of oxazole rings is 1. The Balaban J connectivity index is 1.55. The first-order chi connectivity index (χ1) is 12.0. The van der Waals surface area contributed by atoms with E-state index in [4.69, 9.17) is 4.42 Å². The minimum absolute atomic E-state index is 0.0618. The highest BCUT2D eigenvalue weighted by atomic mass is 19.1. The highest BCUT2D eigenvalue weighted by Crippen LogP contribution is 2.24. The van der Waals surface area contributed by atoms with Crippen LogP contribution in [0.5, 0.6) is 0 Å². The number of rotatable bonds is 5. The van der Waals surface area contributed by atoms with Gasteiger partial charge in [-0.1, -0.05) is 6.92 Å². The van der Waals surface area contributed by atoms with E-state index in [0.717, 1.165) is 31.6 Å². The predicted octanol–water partition coefficient (Wildman–Crippen LogP) is 2.67. The van der Waals surface area contributed by atoms with Crippen molar-refractivity contribution in [1.82, 2.24) is 15.6 Å². The molecule has 1 amide bonds. The second-order valence-corrected chi connectivity index (χ2v) is 6.39. The van der Waals surface area contributed by atoms with E-state index in [9.17, 15) is 13.6 Å². The maximum absolute atomic E-state index is 13.8. The quantitative estimate of drug-likeness (QED) is 0.871. The molecule has 0 saturated carbocycles. The Kier molecular flexibility index (Phi) is 5.43. The van der Waals surface area contributed by atoms with E-state index in [-0.39, 0.29) is 29.7 Å². The summed E-state index contributed by atoms with van der Waals surface area (Å²) < 4.78 is 32.2. The first-order valence-corrected chi connectivity index (χ1v) is 8.43. The van der Waals surface area contributed by atoms with Gasteiger partial charge in [-0.05, 0) is 31.0 Å². The van der Waals surface area contributed by atoms with Crippen molar-refractivity contribution in [2.75, 3.05) is 13.1 Å². The zero-order valence-corrected chi connectivity index (χ0v) is 14.0. The lowest BCUT2D eigenvalue weighted by Crippen LogP contribution is -2.50. The van der Waals surface area contributed by atoms with Gasteiger partial charge in [0.05, 0.1) is 11.8 Å². The van der Waals surface area contributed by atoms with Crippen LogP contribution in [0.1, 0.15) is 25.7 Å². The standard InChI is InChI=1S/C18H21F2N3O2/c1-11-6-7-21-9-15(11)23-17(24)4-5-18-22-10-16(25-18)13-3-2-12(19)8-14(13)20/h2-3,8,10-11,15,21H,4-7,9H2,1H3,(H,23,24). The third-order valence-corrected chi connectivity index (χ3v) is 4.49. The molecule has 134 valence electrons. The molecule has 0 spiro atoms. The molecule has 2 unspecified atom stereocenters. The van der Waals surface area contributed by atoms with Crippen LogP contribution < -0.4 is 10.6 Å². The van der Waals surface area contributed by atoms with Crippen LogP contribution in [-0.2, 0) is 11.2 Å². The second kappa shape index (κ2) is 7.74. The lowest BCUT2D eigenvalue weighted by atomic mass is 9.95. The van der Waals surface area contributed by atoms with Crippen molar-refractivity contribution in [3.8, 4) is 11.3 Å². The molecule has 2 atom stereocenters.